The lowest BCUT2D eigenvalue weighted by Gasteiger charge is -2.18. The average Bonchev–Trinajstić information content (AvgIpc) is 3.37. The van der Waals surface area contributed by atoms with Crippen molar-refractivity contribution in [2.75, 3.05) is 5.32 Å². The number of carbonyl (C=O) groups is 1. The highest BCUT2D eigenvalue weighted by Crippen LogP contribution is 2.47. The number of ether oxygens (including phenoxy) is 1. The van der Waals surface area contributed by atoms with E-state index >= 15 is 0 Å². The smallest absolute Gasteiger partial charge is 0.433 e. The quantitative estimate of drug-likeness (QED) is 0.603. The molecule has 1 unspecified atom stereocenters. The number of aromatic nitrogens is 2. The summed E-state index contributed by atoms with van der Waals surface area (Å²) in [6.07, 6.45) is -3.49. The van der Waals surface area contributed by atoms with Crippen molar-refractivity contribution >= 4 is 23.2 Å². The summed E-state index contributed by atoms with van der Waals surface area (Å²) in [6, 6.07) is 3.04. The van der Waals surface area contributed by atoms with Crippen LogP contribution in [0.1, 0.15) is 48.7 Å². The molecule has 0 radical (unpaired) electrons. The topological polar surface area (TPSA) is 56.1 Å². The van der Waals surface area contributed by atoms with Gasteiger partial charge in [0.1, 0.15) is 11.8 Å². The van der Waals surface area contributed by atoms with Gasteiger partial charge >= 0.3 is 12.8 Å². The van der Waals surface area contributed by atoms with Crippen LogP contribution in [-0.4, -0.2) is 22.3 Å². The lowest BCUT2D eigenvalue weighted by atomic mass is 10.2. The van der Waals surface area contributed by atoms with Gasteiger partial charge in [0, 0.05) is 5.92 Å². The van der Waals surface area contributed by atoms with E-state index in [1.54, 1.807) is 6.92 Å². The molecule has 11 heteroatoms. The number of carbonyl (C=O) groups excluding carboxylic acids is 1. The molecule has 1 aromatic carbocycles. The lowest BCUT2D eigenvalue weighted by molar-refractivity contribution is -0.141. The van der Waals surface area contributed by atoms with E-state index in [0.29, 0.717) is 18.4 Å². The lowest BCUT2D eigenvalue weighted by Crippen LogP contribution is -2.26. The third-order valence-corrected chi connectivity index (χ3v) is 4.85. The van der Waals surface area contributed by atoms with E-state index in [4.69, 9.17) is 11.6 Å². The first-order valence-electron chi connectivity index (χ1n) is 8.70. The van der Waals surface area contributed by atoms with E-state index in [0.717, 1.165) is 4.68 Å². The van der Waals surface area contributed by atoms with Gasteiger partial charge in [-0.3, -0.25) is 9.48 Å². The average molecular weight is 438 g/mol. The van der Waals surface area contributed by atoms with Crippen LogP contribution in [0.25, 0.3) is 0 Å². The number of alkyl halides is 5. The first-order chi connectivity index (χ1) is 13.5. The number of aryl methyl sites for hydroxylation is 1. The van der Waals surface area contributed by atoms with Crippen LogP contribution in [0, 0.1) is 6.92 Å². The molecule has 1 fully saturated rings. The molecule has 0 saturated heterocycles. The van der Waals surface area contributed by atoms with Crippen LogP contribution in [0.3, 0.4) is 0 Å². The van der Waals surface area contributed by atoms with E-state index in [2.05, 4.69) is 15.2 Å². The highest BCUT2D eigenvalue weighted by atomic mass is 35.5. The molecule has 1 aliphatic rings. The molecule has 1 aliphatic carbocycles. The second-order valence-electron chi connectivity index (χ2n) is 6.81. The molecule has 2 aromatic rings. The number of benzene rings is 1. The summed E-state index contributed by atoms with van der Waals surface area (Å²) >= 11 is 5.92. The summed E-state index contributed by atoms with van der Waals surface area (Å²) in [5, 5.41) is 5.45. The van der Waals surface area contributed by atoms with Crippen LogP contribution >= 0.6 is 11.6 Å². The van der Waals surface area contributed by atoms with Gasteiger partial charge in [-0.25, -0.2) is 0 Å². The van der Waals surface area contributed by atoms with Crippen molar-refractivity contribution in [2.24, 2.45) is 0 Å². The molecule has 0 aliphatic heterocycles. The fraction of sp³-hybridized carbons (Fsp3) is 0.444. The fourth-order valence-electron chi connectivity index (χ4n) is 2.92. The number of hydrogen-bond donors (Lipinski definition) is 1. The first kappa shape index (κ1) is 21.4. The molecule has 0 bridgehead atoms. The zero-order valence-corrected chi connectivity index (χ0v) is 16.1. The van der Waals surface area contributed by atoms with Crippen molar-refractivity contribution in [1.29, 1.82) is 0 Å². The standard InChI is InChI=1S/C18H17ClF5N3O2/c1-8-3-6-12(29-17(20)21)11(7-8)25-16(28)9(2)27-14(10-4-5-10)13(19)15(26-27)18(22,23)24/h3,6-7,9-10,17H,4-5H2,1-2H3,(H,25,28). The summed E-state index contributed by atoms with van der Waals surface area (Å²) in [6.45, 7) is -0.0699. The van der Waals surface area contributed by atoms with Crippen LogP contribution in [0.5, 0.6) is 5.75 Å². The van der Waals surface area contributed by atoms with Crippen LogP contribution < -0.4 is 10.1 Å². The van der Waals surface area contributed by atoms with E-state index < -0.39 is 35.5 Å². The summed E-state index contributed by atoms with van der Waals surface area (Å²) < 4.78 is 70.2. The molecule has 158 valence electrons. The van der Waals surface area contributed by atoms with Crippen molar-refractivity contribution in [3.05, 3.63) is 40.2 Å². The van der Waals surface area contributed by atoms with Gasteiger partial charge < -0.3 is 10.1 Å². The highest BCUT2D eigenvalue weighted by Gasteiger charge is 2.43. The van der Waals surface area contributed by atoms with E-state index in [1.165, 1.54) is 25.1 Å². The predicted octanol–water partition coefficient (Wildman–Crippen LogP) is 5.54. The Labute approximate surface area is 167 Å². The van der Waals surface area contributed by atoms with Crippen LogP contribution in [0.15, 0.2) is 18.2 Å². The van der Waals surface area contributed by atoms with Gasteiger partial charge in [-0.1, -0.05) is 17.7 Å². The molecule has 5 nitrogen and oxygen atoms in total. The van der Waals surface area contributed by atoms with Gasteiger partial charge in [-0.2, -0.15) is 27.1 Å². The van der Waals surface area contributed by atoms with Crippen molar-refractivity contribution in [2.45, 2.75) is 51.4 Å². The Morgan fingerprint density at radius 1 is 1.34 bits per heavy atom. The molecule has 1 aromatic heterocycles. The zero-order chi connectivity index (χ0) is 21.5. The minimum atomic E-state index is -4.77. The number of amides is 1. The molecule has 1 atom stereocenters. The Morgan fingerprint density at radius 3 is 2.55 bits per heavy atom. The largest absolute Gasteiger partial charge is 0.436 e. The number of nitrogens with one attached hydrogen (secondary N) is 1. The fourth-order valence-corrected chi connectivity index (χ4v) is 3.30. The van der Waals surface area contributed by atoms with Gasteiger partial charge in [-0.05, 0) is 44.4 Å². The maximum absolute atomic E-state index is 13.2. The van der Waals surface area contributed by atoms with Crippen molar-refractivity contribution < 1.29 is 31.5 Å². The number of rotatable bonds is 6. The molecule has 3 rings (SSSR count). The van der Waals surface area contributed by atoms with E-state index in [-0.39, 0.29) is 23.0 Å². The molecule has 1 saturated carbocycles. The van der Waals surface area contributed by atoms with Crippen LogP contribution in [0.4, 0.5) is 27.6 Å². The zero-order valence-electron chi connectivity index (χ0n) is 15.4. The normalized spacial score (nSPS) is 15.5. The molecule has 1 heterocycles. The maximum atomic E-state index is 13.2. The summed E-state index contributed by atoms with van der Waals surface area (Å²) in [7, 11) is 0. The second-order valence-corrected chi connectivity index (χ2v) is 7.19. The molecular weight excluding hydrogens is 421 g/mol. The van der Waals surface area contributed by atoms with Gasteiger partial charge in [-0.15, -0.1) is 0 Å². The van der Waals surface area contributed by atoms with Crippen molar-refractivity contribution in [3.8, 4) is 5.75 Å². The molecule has 1 N–H and O–H groups in total. The minimum absolute atomic E-state index is 0.0237. The van der Waals surface area contributed by atoms with Gasteiger partial charge in [0.15, 0.2) is 5.69 Å². The summed E-state index contributed by atoms with van der Waals surface area (Å²) in [5.74, 6) is -1.22. The van der Waals surface area contributed by atoms with Gasteiger partial charge in [0.25, 0.3) is 0 Å². The SMILES string of the molecule is Cc1ccc(OC(F)F)c(NC(=O)C(C)n2nc(C(F)(F)F)c(Cl)c2C2CC2)c1. The van der Waals surface area contributed by atoms with Crippen LogP contribution in [0.2, 0.25) is 5.02 Å². The minimum Gasteiger partial charge on any atom is -0.433 e. The van der Waals surface area contributed by atoms with Gasteiger partial charge in [0.2, 0.25) is 5.91 Å². The first-order valence-corrected chi connectivity index (χ1v) is 9.08. The predicted molar refractivity (Wildman–Crippen MR) is 95.4 cm³/mol. The third kappa shape index (κ3) is 4.63. The highest BCUT2D eigenvalue weighted by molar-refractivity contribution is 6.32. The molecule has 29 heavy (non-hydrogen) atoms. The van der Waals surface area contributed by atoms with E-state index in [9.17, 15) is 26.7 Å². The Kier molecular flexibility index (Phi) is 5.75. The number of halogens is 6. The van der Waals surface area contributed by atoms with E-state index in [1.807, 2.05) is 0 Å². The Hall–Kier alpha value is -2.36. The second kappa shape index (κ2) is 7.81. The number of nitrogens with zero attached hydrogens (tertiary/aromatic N) is 2. The Morgan fingerprint density at radius 2 is 2.00 bits per heavy atom. The summed E-state index contributed by atoms with van der Waals surface area (Å²) in [4.78, 5) is 12.7. The van der Waals surface area contributed by atoms with Crippen molar-refractivity contribution in [3.63, 3.8) is 0 Å². The molecular formula is C18H17ClF5N3O2. The van der Waals surface area contributed by atoms with Crippen molar-refractivity contribution in [1.82, 2.24) is 9.78 Å². The Bertz CT molecular complexity index is 925. The maximum Gasteiger partial charge on any atom is 0.436 e. The van der Waals surface area contributed by atoms with Gasteiger partial charge in [0.05, 0.1) is 16.4 Å². The number of anilines is 1. The third-order valence-electron chi connectivity index (χ3n) is 4.48. The monoisotopic (exact) mass is 437 g/mol. The molecule has 1 amide bonds. The Balaban J connectivity index is 1.91. The summed E-state index contributed by atoms with van der Waals surface area (Å²) in [5.41, 5.74) is -0.466. The number of hydrogen-bond acceptors (Lipinski definition) is 3. The van der Waals surface area contributed by atoms with Crippen LogP contribution in [-0.2, 0) is 11.0 Å². The molecule has 0 spiro atoms.